The average Bonchev–Trinajstić information content (AvgIpc) is 2.88. The lowest BCUT2D eigenvalue weighted by Crippen LogP contribution is -2.23. The van der Waals surface area contributed by atoms with Crippen molar-refractivity contribution in [3.63, 3.8) is 0 Å². The normalized spacial score (nSPS) is 10.6. The molecule has 0 saturated heterocycles. The molecule has 9 heteroatoms. The van der Waals surface area contributed by atoms with Crippen LogP contribution in [0.3, 0.4) is 0 Å². The summed E-state index contributed by atoms with van der Waals surface area (Å²) in [5, 5.41) is 3.16. The van der Waals surface area contributed by atoms with Crippen molar-refractivity contribution in [3.8, 4) is 22.8 Å². The van der Waals surface area contributed by atoms with Crippen molar-refractivity contribution in [1.82, 2.24) is 0 Å². The van der Waals surface area contributed by atoms with E-state index in [-0.39, 0.29) is 28.1 Å². The molecule has 0 aliphatic heterocycles. The van der Waals surface area contributed by atoms with Gasteiger partial charge in [-0.3, -0.25) is 9.59 Å². The molecule has 4 aromatic rings. The Bertz CT molecular complexity index is 1460. The van der Waals surface area contributed by atoms with Crippen molar-refractivity contribution in [2.24, 2.45) is 0 Å². The van der Waals surface area contributed by atoms with Gasteiger partial charge in [-0.1, -0.05) is 23.7 Å². The van der Waals surface area contributed by atoms with Crippen LogP contribution in [0.1, 0.15) is 10.4 Å². The van der Waals surface area contributed by atoms with Crippen LogP contribution in [0, 0.1) is 0 Å². The third kappa shape index (κ3) is 5.12. The fourth-order valence-electron chi connectivity index (χ4n) is 3.42. The van der Waals surface area contributed by atoms with Crippen molar-refractivity contribution < 1.29 is 28.2 Å². The van der Waals surface area contributed by atoms with E-state index in [1.807, 2.05) is 0 Å². The molecule has 0 fully saturated rings. The SMILES string of the molecule is COC(=O)c1ccccc1NC(=O)COc1c(-c2ccc(OC)cc2)oc2ccc(Cl)cc2c1=O. The van der Waals surface area contributed by atoms with Crippen LogP contribution in [0.4, 0.5) is 5.69 Å². The largest absolute Gasteiger partial charge is 0.497 e. The van der Waals surface area contributed by atoms with Gasteiger partial charge in [-0.15, -0.1) is 0 Å². The minimum atomic E-state index is -0.601. The van der Waals surface area contributed by atoms with Gasteiger partial charge in [-0.2, -0.15) is 0 Å². The molecule has 4 rings (SSSR count). The molecular weight excluding hydrogens is 474 g/mol. The molecule has 0 unspecified atom stereocenters. The molecule has 35 heavy (non-hydrogen) atoms. The fraction of sp³-hybridized carbons (Fsp3) is 0.115. The van der Waals surface area contributed by atoms with Gasteiger partial charge in [0.25, 0.3) is 5.91 Å². The van der Waals surface area contributed by atoms with E-state index >= 15 is 0 Å². The smallest absolute Gasteiger partial charge is 0.339 e. The van der Waals surface area contributed by atoms with Gasteiger partial charge in [0.1, 0.15) is 11.3 Å². The Balaban J connectivity index is 1.67. The Morgan fingerprint density at radius 2 is 1.74 bits per heavy atom. The van der Waals surface area contributed by atoms with Crippen LogP contribution >= 0.6 is 11.6 Å². The number of para-hydroxylation sites is 1. The number of halogens is 1. The van der Waals surface area contributed by atoms with Gasteiger partial charge in [-0.25, -0.2) is 4.79 Å². The molecule has 0 atom stereocenters. The Labute approximate surface area is 205 Å². The summed E-state index contributed by atoms with van der Waals surface area (Å²) in [5.41, 5.74) is 0.810. The van der Waals surface area contributed by atoms with E-state index in [1.165, 1.54) is 19.2 Å². The lowest BCUT2D eigenvalue weighted by molar-refractivity contribution is -0.118. The number of carbonyl (C=O) groups excluding carboxylic acids is 2. The molecule has 0 aliphatic rings. The molecule has 1 aromatic heterocycles. The van der Waals surface area contributed by atoms with Gasteiger partial charge >= 0.3 is 5.97 Å². The minimum Gasteiger partial charge on any atom is -0.497 e. The predicted molar refractivity (Wildman–Crippen MR) is 131 cm³/mol. The first kappa shape index (κ1) is 23.8. The summed E-state index contributed by atoms with van der Waals surface area (Å²) in [5.74, 6) is -0.574. The number of ether oxygens (including phenoxy) is 3. The van der Waals surface area contributed by atoms with E-state index in [0.717, 1.165) is 0 Å². The molecule has 0 bridgehead atoms. The number of rotatable bonds is 7. The summed E-state index contributed by atoms with van der Waals surface area (Å²) in [6.07, 6.45) is 0. The highest BCUT2D eigenvalue weighted by Crippen LogP contribution is 2.32. The molecule has 1 heterocycles. The van der Waals surface area contributed by atoms with Gasteiger partial charge in [-0.05, 0) is 54.6 Å². The van der Waals surface area contributed by atoms with E-state index in [1.54, 1.807) is 61.7 Å². The van der Waals surface area contributed by atoms with Crippen LogP contribution in [0.15, 0.2) is 75.9 Å². The average molecular weight is 494 g/mol. The second-order valence-electron chi connectivity index (χ2n) is 7.33. The Hall–Kier alpha value is -4.30. The van der Waals surface area contributed by atoms with Crippen molar-refractivity contribution in [2.75, 3.05) is 26.1 Å². The highest BCUT2D eigenvalue weighted by Gasteiger charge is 2.20. The van der Waals surface area contributed by atoms with Crippen molar-refractivity contribution in [1.29, 1.82) is 0 Å². The molecule has 0 spiro atoms. The highest BCUT2D eigenvalue weighted by atomic mass is 35.5. The molecule has 8 nitrogen and oxygen atoms in total. The molecule has 3 aromatic carbocycles. The lowest BCUT2D eigenvalue weighted by atomic mass is 10.1. The summed E-state index contributed by atoms with van der Waals surface area (Å²) in [6.45, 7) is -0.518. The zero-order valence-electron chi connectivity index (χ0n) is 18.8. The van der Waals surface area contributed by atoms with Crippen LogP contribution in [0.25, 0.3) is 22.3 Å². The van der Waals surface area contributed by atoms with Crippen molar-refractivity contribution in [3.05, 3.63) is 87.5 Å². The standard InChI is InChI=1S/C26H20ClNO7/c1-32-17-10-7-15(8-11-17)24-25(23(30)19-13-16(27)9-12-21(19)35-24)34-14-22(29)28-20-6-4-3-5-18(20)26(31)33-2/h3-13H,14H2,1-2H3,(H,28,29). The van der Waals surface area contributed by atoms with E-state index in [2.05, 4.69) is 5.32 Å². The maximum absolute atomic E-state index is 13.3. The number of carbonyl (C=O) groups is 2. The molecule has 0 radical (unpaired) electrons. The summed E-state index contributed by atoms with van der Waals surface area (Å²) < 4.78 is 21.6. The van der Waals surface area contributed by atoms with Crippen LogP contribution in [0.5, 0.6) is 11.5 Å². The monoisotopic (exact) mass is 493 g/mol. The van der Waals surface area contributed by atoms with Gasteiger partial charge in [0, 0.05) is 10.6 Å². The maximum atomic E-state index is 13.3. The summed E-state index contributed by atoms with van der Waals surface area (Å²) in [4.78, 5) is 37.9. The van der Waals surface area contributed by atoms with Crippen molar-refractivity contribution in [2.45, 2.75) is 0 Å². The summed E-state index contributed by atoms with van der Waals surface area (Å²) >= 11 is 6.07. The third-order valence-corrected chi connectivity index (χ3v) is 5.35. The third-order valence-electron chi connectivity index (χ3n) is 5.12. The van der Waals surface area contributed by atoms with Crippen molar-refractivity contribution >= 4 is 40.1 Å². The second-order valence-corrected chi connectivity index (χ2v) is 7.77. The quantitative estimate of drug-likeness (QED) is 0.364. The zero-order chi connectivity index (χ0) is 24.9. The van der Waals surface area contributed by atoms with E-state index in [9.17, 15) is 14.4 Å². The van der Waals surface area contributed by atoms with Gasteiger partial charge < -0.3 is 23.9 Å². The van der Waals surface area contributed by atoms with E-state index < -0.39 is 23.9 Å². The Kier molecular flexibility index (Phi) is 7.03. The molecule has 178 valence electrons. The number of anilines is 1. The number of hydrogen-bond acceptors (Lipinski definition) is 7. The number of benzene rings is 3. The molecule has 0 aliphatic carbocycles. The molecule has 1 amide bonds. The zero-order valence-corrected chi connectivity index (χ0v) is 19.5. The highest BCUT2D eigenvalue weighted by molar-refractivity contribution is 6.31. The number of esters is 1. The van der Waals surface area contributed by atoms with Crippen LogP contribution < -0.4 is 20.2 Å². The van der Waals surface area contributed by atoms with Gasteiger partial charge in [0.2, 0.25) is 11.2 Å². The number of fused-ring (bicyclic) bond motifs is 1. The maximum Gasteiger partial charge on any atom is 0.339 e. The second kappa shape index (κ2) is 10.3. The number of amides is 1. The summed E-state index contributed by atoms with van der Waals surface area (Å²) in [7, 11) is 2.79. The minimum absolute atomic E-state index is 0.148. The molecule has 0 saturated carbocycles. The number of nitrogens with one attached hydrogen (secondary N) is 1. The predicted octanol–water partition coefficient (Wildman–Crippen LogP) is 4.93. The first-order chi connectivity index (χ1) is 16.9. The number of hydrogen-bond donors (Lipinski definition) is 1. The lowest BCUT2D eigenvalue weighted by Gasteiger charge is -2.13. The topological polar surface area (TPSA) is 104 Å². The summed E-state index contributed by atoms with van der Waals surface area (Å²) in [6, 6.07) is 17.9. The first-order valence-corrected chi connectivity index (χ1v) is 10.8. The first-order valence-electron chi connectivity index (χ1n) is 10.4. The van der Waals surface area contributed by atoms with Gasteiger partial charge in [0.05, 0.1) is 30.9 Å². The van der Waals surface area contributed by atoms with Crippen LogP contribution in [0.2, 0.25) is 5.02 Å². The molecule has 1 N–H and O–H groups in total. The van der Waals surface area contributed by atoms with Crippen LogP contribution in [-0.2, 0) is 9.53 Å². The number of methoxy groups -OCH3 is 2. The Morgan fingerprint density at radius 3 is 2.46 bits per heavy atom. The van der Waals surface area contributed by atoms with E-state index in [0.29, 0.717) is 21.9 Å². The van der Waals surface area contributed by atoms with E-state index in [4.69, 9.17) is 30.2 Å². The Morgan fingerprint density at radius 1 is 1.00 bits per heavy atom. The fourth-order valence-corrected chi connectivity index (χ4v) is 3.59. The molecular formula is C26H20ClNO7. The van der Waals surface area contributed by atoms with Gasteiger partial charge in [0.15, 0.2) is 12.4 Å². The van der Waals surface area contributed by atoms with Crippen LogP contribution in [-0.4, -0.2) is 32.7 Å².